The van der Waals surface area contributed by atoms with Crippen LogP contribution in [0.5, 0.6) is 0 Å². The lowest BCUT2D eigenvalue weighted by atomic mass is 9.82. The molecule has 2 aliphatic rings. The molecule has 24 heavy (non-hydrogen) atoms. The average molecular weight is 325 g/mol. The molecule has 2 aromatic heterocycles. The van der Waals surface area contributed by atoms with Gasteiger partial charge in [-0.15, -0.1) is 0 Å². The molecule has 2 aliphatic heterocycles. The van der Waals surface area contributed by atoms with E-state index in [1.807, 2.05) is 18.2 Å². The fourth-order valence-corrected chi connectivity index (χ4v) is 3.58. The number of hydrogen-bond donors (Lipinski definition) is 1. The Kier molecular flexibility index (Phi) is 4.08. The Morgan fingerprint density at radius 1 is 1.25 bits per heavy atom. The van der Waals surface area contributed by atoms with Crippen LogP contribution in [0, 0.1) is 11.8 Å². The number of ether oxygens (including phenoxy) is 1. The Labute approximate surface area is 140 Å². The van der Waals surface area contributed by atoms with Gasteiger partial charge in [0, 0.05) is 38.0 Å². The smallest absolute Gasteiger partial charge is 0.229 e. The summed E-state index contributed by atoms with van der Waals surface area (Å²) in [5.41, 5.74) is 0.720. The summed E-state index contributed by atoms with van der Waals surface area (Å²) in [4.78, 5) is 27.3. The van der Waals surface area contributed by atoms with E-state index < -0.39 is 0 Å². The fraction of sp³-hybridized carbons (Fsp3) is 0.412. The molecule has 3 atom stereocenters. The molecule has 1 amide bonds. The first-order valence-corrected chi connectivity index (χ1v) is 8.15. The highest BCUT2D eigenvalue weighted by Crippen LogP contribution is 2.35. The normalized spacial score (nSPS) is 26.0. The Morgan fingerprint density at radius 2 is 2.21 bits per heavy atom. The highest BCUT2D eigenvalue weighted by molar-refractivity contribution is 5.93. The zero-order valence-electron chi connectivity index (χ0n) is 13.2. The maximum atomic E-state index is 12.8. The van der Waals surface area contributed by atoms with E-state index in [0.29, 0.717) is 13.2 Å². The van der Waals surface area contributed by atoms with Crippen LogP contribution in [0.25, 0.3) is 0 Å². The molecule has 0 spiro atoms. The summed E-state index contributed by atoms with van der Waals surface area (Å²) >= 11 is 0. The van der Waals surface area contributed by atoms with Crippen LogP contribution in [0.2, 0.25) is 0 Å². The maximum absolute atomic E-state index is 12.8. The summed E-state index contributed by atoms with van der Waals surface area (Å²) in [6.45, 7) is 2.11. The van der Waals surface area contributed by atoms with Crippen molar-refractivity contribution in [3.8, 4) is 0 Å². The second-order valence-corrected chi connectivity index (χ2v) is 6.17. The molecule has 1 N–H and O–H groups in total. The second kappa shape index (κ2) is 6.52. The number of nitrogens with zero attached hydrogens (tertiary/aromatic N) is 4. The first kappa shape index (κ1) is 15.0. The maximum Gasteiger partial charge on any atom is 0.229 e. The predicted octanol–water partition coefficient (Wildman–Crippen LogP) is 1.35. The van der Waals surface area contributed by atoms with E-state index in [0.717, 1.165) is 24.5 Å². The Bertz CT molecular complexity index is 697. The first-order valence-electron chi connectivity index (χ1n) is 8.15. The Balaban J connectivity index is 1.54. The van der Waals surface area contributed by atoms with Crippen molar-refractivity contribution in [2.24, 2.45) is 11.8 Å². The van der Waals surface area contributed by atoms with Crippen LogP contribution >= 0.6 is 0 Å². The highest BCUT2D eigenvalue weighted by atomic mass is 16.5. The molecular weight excluding hydrogens is 306 g/mol. The molecule has 0 radical (unpaired) electrons. The van der Waals surface area contributed by atoms with Crippen molar-refractivity contribution < 1.29 is 9.53 Å². The molecule has 0 unspecified atom stereocenters. The molecule has 7 heteroatoms. The van der Waals surface area contributed by atoms with Gasteiger partial charge in [-0.1, -0.05) is 0 Å². The number of piperidine rings is 1. The van der Waals surface area contributed by atoms with Crippen molar-refractivity contribution in [2.45, 2.75) is 12.5 Å². The Morgan fingerprint density at radius 3 is 3.00 bits per heavy atom. The third kappa shape index (κ3) is 2.94. The summed E-state index contributed by atoms with van der Waals surface area (Å²) in [6.07, 6.45) is 7.58. The van der Waals surface area contributed by atoms with Gasteiger partial charge in [-0.05, 0) is 24.6 Å². The third-order valence-corrected chi connectivity index (χ3v) is 4.75. The quantitative estimate of drug-likeness (QED) is 0.917. The van der Waals surface area contributed by atoms with Crippen molar-refractivity contribution in [3.63, 3.8) is 0 Å². The number of rotatable bonds is 3. The van der Waals surface area contributed by atoms with Gasteiger partial charge in [0.25, 0.3) is 0 Å². The van der Waals surface area contributed by atoms with Crippen molar-refractivity contribution in [3.05, 3.63) is 43.1 Å². The molecule has 0 bridgehead atoms. The number of fused-ring (bicyclic) bond motifs is 1. The van der Waals surface area contributed by atoms with Crippen molar-refractivity contribution >= 4 is 17.4 Å². The SMILES string of the molecule is O=C(Nc1cccnc1)[C@@H]1CN(c2ccncn2)C[C@@H]2OCC[C@@H]21. The lowest BCUT2D eigenvalue weighted by molar-refractivity contribution is -0.122. The van der Waals surface area contributed by atoms with Crippen LogP contribution < -0.4 is 10.2 Å². The number of nitrogens with one attached hydrogen (secondary N) is 1. The first-order chi connectivity index (χ1) is 11.8. The van der Waals surface area contributed by atoms with E-state index in [2.05, 4.69) is 25.2 Å². The van der Waals surface area contributed by atoms with Crippen LogP contribution in [0.15, 0.2) is 43.1 Å². The van der Waals surface area contributed by atoms with Gasteiger partial charge in [0.1, 0.15) is 12.1 Å². The molecule has 0 saturated carbocycles. The van der Waals surface area contributed by atoms with Crippen LogP contribution in [0.4, 0.5) is 11.5 Å². The second-order valence-electron chi connectivity index (χ2n) is 6.17. The van der Waals surface area contributed by atoms with E-state index in [1.165, 1.54) is 6.33 Å². The number of carbonyl (C=O) groups excluding carboxylic acids is 1. The van der Waals surface area contributed by atoms with E-state index in [1.54, 1.807) is 18.6 Å². The van der Waals surface area contributed by atoms with Crippen molar-refractivity contribution in [2.75, 3.05) is 29.9 Å². The largest absolute Gasteiger partial charge is 0.376 e. The van der Waals surface area contributed by atoms with Gasteiger partial charge in [0.15, 0.2) is 0 Å². The summed E-state index contributed by atoms with van der Waals surface area (Å²) in [5, 5.41) is 2.98. The number of anilines is 2. The molecule has 7 nitrogen and oxygen atoms in total. The molecule has 4 rings (SSSR count). The molecule has 2 saturated heterocycles. The summed E-state index contributed by atoms with van der Waals surface area (Å²) < 4.78 is 5.86. The highest BCUT2D eigenvalue weighted by Gasteiger charge is 2.44. The fourth-order valence-electron chi connectivity index (χ4n) is 3.58. The van der Waals surface area contributed by atoms with E-state index in [4.69, 9.17) is 4.74 Å². The van der Waals surface area contributed by atoms with Crippen molar-refractivity contribution in [1.29, 1.82) is 0 Å². The van der Waals surface area contributed by atoms with Gasteiger partial charge >= 0.3 is 0 Å². The minimum absolute atomic E-state index is 0.0160. The van der Waals surface area contributed by atoms with E-state index in [-0.39, 0.29) is 23.8 Å². The van der Waals surface area contributed by atoms with Crippen LogP contribution in [-0.2, 0) is 9.53 Å². The van der Waals surface area contributed by atoms with Crippen LogP contribution in [0.1, 0.15) is 6.42 Å². The molecule has 124 valence electrons. The number of carbonyl (C=O) groups is 1. The molecular formula is C17H19N5O2. The lowest BCUT2D eigenvalue weighted by Gasteiger charge is -2.39. The minimum atomic E-state index is -0.138. The van der Waals surface area contributed by atoms with Gasteiger partial charge in [-0.2, -0.15) is 0 Å². The average Bonchev–Trinajstić information content (AvgIpc) is 3.11. The molecule has 4 heterocycles. The summed E-state index contributed by atoms with van der Waals surface area (Å²) in [5.74, 6) is 0.960. The molecule has 2 fully saturated rings. The number of amides is 1. The molecule has 2 aromatic rings. The number of pyridine rings is 1. The van der Waals surface area contributed by atoms with E-state index in [9.17, 15) is 4.79 Å². The summed E-state index contributed by atoms with van der Waals surface area (Å²) in [6, 6.07) is 5.52. The zero-order chi connectivity index (χ0) is 16.4. The van der Waals surface area contributed by atoms with Crippen LogP contribution in [0.3, 0.4) is 0 Å². The molecule has 0 aromatic carbocycles. The molecule has 0 aliphatic carbocycles. The van der Waals surface area contributed by atoms with Gasteiger partial charge < -0.3 is 15.0 Å². The minimum Gasteiger partial charge on any atom is -0.376 e. The number of aromatic nitrogens is 3. The zero-order valence-corrected chi connectivity index (χ0v) is 13.2. The summed E-state index contributed by atoms with van der Waals surface area (Å²) in [7, 11) is 0. The standard InChI is InChI=1S/C17H19N5O2/c23-17(21-12-2-1-5-18-8-12)14-9-22(16-3-6-19-11-20-16)10-15-13(14)4-7-24-15/h1-3,5-6,8,11,13-15H,4,7,9-10H2,(H,21,23)/t13-,14-,15+/m1/s1. The predicted molar refractivity (Wildman–Crippen MR) is 88.4 cm³/mol. The van der Waals surface area contributed by atoms with Crippen LogP contribution in [-0.4, -0.2) is 46.7 Å². The van der Waals surface area contributed by atoms with Gasteiger partial charge in [-0.25, -0.2) is 9.97 Å². The van der Waals surface area contributed by atoms with Gasteiger partial charge in [0.05, 0.1) is 23.9 Å². The van der Waals surface area contributed by atoms with E-state index >= 15 is 0 Å². The topological polar surface area (TPSA) is 80.2 Å². The Hall–Kier alpha value is -2.54. The monoisotopic (exact) mass is 325 g/mol. The van der Waals surface area contributed by atoms with Gasteiger partial charge in [-0.3, -0.25) is 9.78 Å². The lowest BCUT2D eigenvalue weighted by Crippen LogP contribution is -2.51. The third-order valence-electron chi connectivity index (χ3n) is 4.75. The van der Waals surface area contributed by atoms with Gasteiger partial charge in [0.2, 0.25) is 5.91 Å². The van der Waals surface area contributed by atoms with Crippen molar-refractivity contribution in [1.82, 2.24) is 15.0 Å². The number of hydrogen-bond acceptors (Lipinski definition) is 6.